The van der Waals surface area contributed by atoms with E-state index >= 15 is 0 Å². The lowest BCUT2D eigenvalue weighted by molar-refractivity contribution is 0.474. The number of nitrogens with zero attached hydrogens (tertiary/aromatic N) is 2. The SMILES string of the molecule is CCC(c1ccccc1)c1nnc(-c2cccc(C)c2)o1. The van der Waals surface area contributed by atoms with Gasteiger partial charge in [-0.2, -0.15) is 0 Å². The summed E-state index contributed by atoms with van der Waals surface area (Å²) in [4.78, 5) is 0. The number of benzene rings is 2. The summed E-state index contributed by atoms with van der Waals surface area (Å²) in [5.41, 5.74) is 3.36. The number of hydrogen-bond donors (Lipinski definition) is 0. The maximum atomic E-state index is 5.91. The predicted molar refractivity (Wildman–Crippen MR) is 83.0 cm³/mol. The van der Waals surface area contributed by atoms with E-state index in [1.165, 1.54) is 11.1 Å². The highest BCUT2D eigenvalue weighted by Crippen LogP contribution is 2.29. The van der Waals surface area contributed by atoms with Gasteiger partial charge in [-0.15, -0.1) is 10.2 Å². The smallest absolute Gasteiger partial charge is 0.247 e. The molecule has 106 valence electrons. The van der Waals surface area contributed by atoms with Crippen molar-refractivity contribution in [3.63, 3.8) is 0 Å². The lowest BCUT2D eigenvalue weighted by Gasteiger charge is -2.10. The van der Waals surface area contributed by atoms with Crippen LogP contribution in [0.25, 0.3) is 11.5 Å². The molecule has 0 radical (unpaired) electrons. The summed E-state index contributed by atoms with van der Waals surface area (Å²) in [6, 6.07) is 18.4. The Bertz CT molecular complexity index is 719. The molecule has 0 N–H and O–H groups in total. The van der Waals surface area contributed by atoms with Crippen LogP contribution in [0.15, 0.2) is 59.0 Å². The van der Waals surface area contributed by atoms with Gasteiger partial charge in [0.25, 0.3) is 0 Å². The minimum atomic E-state index is 0.150. The Labute approximate surface area is 124 Å². The van der Waals surface area contributed by atoms with Crippen LogP contribution in [-0.2, 0) is 0 Å². The van der Waals surface area contributed by atoms with Gasteiger partial charge in [-0.25, -0.2) is 0 Å². The Morgan fingerprint density at radius 1 is 1.00 bits per heavy atom. The Balaban J connectivity index is 1.94. The average molecular weight is 278 g/mol. The first-order valence-corrected chi connectivity index (χ1v) is 7.23. The molecule has 0 saturated carbocycles. The van der Waals surface area contributed by atoms with Crippen molar-refractivity contribution >= 4 is 0 Å². The molecule has 1 aromatic heterocycles. The molecule has 0 saturated heterocycles. The van der Waals surface area contributed by atoms with Gasteiger partial charge in [-0.1, -0.05) is 55.0 Å². The highest BCUT2D eigenvalue weighted by molar-refractivity contribution is 5.53. The second-order valence-electron chi connectivity index (χ2n) is 5.19. The minimum absolute atomic E-state index is 0.150. The second kappa shape index (κ2) is 5.92. The molecule has 3 rings (SSSR count). The van der Waals surface area contributed by atoms with Gasteiger partial charge >= 0.3 is 0 Å². The van der Waals surface area contributed by atoms with Crippen LogP contribution >= 0.6 is 0 Å². The van der Waals surface area contributed by atoms with E-state index in [2.05, 4.69) is 48.3 Å². The van der Waals surface area contributed by atoms with E-state index in [4.69, 9.17) is 4.42 Å². The second-order valence-corrected chi connectivity index (χ2v) is 5.19. The highest BCUT2D eigenvalue weighted by atomic mass is 16.4. The molecule has 0 spiro atoms. The summed E-state index contributed by atoms with van der Waals surface area (Å²) < 4.78 is 5.91. The van der Waals surface area contributed by atoms with Crippen LogP contribution in [0, 0.1) is 6.92 Å². The Kier molecular flexibility index (Phi) is 3.82. The van der Waals surface area contributed by atoms with E-state index in [9.17, 15) is 0 Å². The zero-order valence-electron chi connectivity index (χ0n) is 12.3. The number of aryl methyl sites for hydroxylation is 1. The molecule has 0 aliphatic carbocycles. The molecule has 2 aromatic carbocycles. The van der Waals surface area contributed by atoms with Crippen LogP contribution in [0.1, 0.15) is 36.3 Å². The number of rotatable bonds is 4. The maximum absolute atomic E-state index is 5.91. The van der Waals surface area contributed by atoms with Crippen LogP contribution in [-0.4, -0.2) is 10.2 Å². The zero-order chi connectivity index (χ0) is 14.7. The summed E-state index contributed by atoms with van der Waals surface area (Å²) in [5, 5.41) is 8.46. The van der Waals surface area contributed by atoms with E-state index in [0.29, 0.717) is 11.8 Å². The molecule has 21 heavy (non-hydrogen) atoms. The van der Waals surface area contributed by atoms with E-state index in [-0.39, 0.29) is 5.92 Å². The van der Waals surface area contributed by atoms with Crippen molar-refractivity contribution in [1.29, 1.82) is 0 Å². The van der Waals surface area contributed by atoms with E-state index in [0.717, 1.165) is 12.0 Å². The summed E-state index contributed by atoms with van der Waals surface area (Å²) in [5.74, 6) is 1.42. The molecule has 0 bridgehead atoms. The van der Waals surface area contributed by atoms with Gasteiger partial charge in [-0.3, -0.25) is 0 Å². The fourth-order valence-corrected chi connectivity index (χ4v) is 2.51. The molecule has 3 aromatic rings. The third-order valence-electron chi connectivity index (χ3n) is 3.61. The molecule has 1 atom stereocenters. The van der Waals surface area contributed by atoms with Crippen molar-refractivity contribution in [2.24, 2.45) is 0 Å². The lowest BCUT2D eigenvalue weighted by Crippen LogP contribution is -1.99. The van der Waals surface area contributed by atoms with Crippen molar-refractivity contribution in [3.8, 4) is 11.5 Å². The molecule has 1 unspecified atom stereocenters. The van der Waals surface area contributed by atoms with Crippen LogP contribution in [0.5, 0.6) is 0 Å². The van der Waals surface area contributed by atoms with Crippen LogP contribution in [0.4, 0.5) is 0 Å². The van der Waals surface area contributed by atoms with Gasteiger partial charge in [-0.05, 0) is 31.0 Å². The highest BCUT2D eigenvalue weighted by Gasteiger charge is 2.19. The third kappa shape index (κ3) is 2.87. The molecule has 0 aliphatic heterocycles. The zero-order valence-corrected chi connectivity index (χ0v) is 12.3. The topological polar surface area (TPSA) is 38.9 Å². The molecule has 3 heteroatoms. The van der Waals surface area contributed by atoms with E-state index < -0.39 is 0 Å². The summed E-state index contributed by atoms with van der Waals surface area (Å²) in [6.07, 6.45) is 0.930. The first kappa shape index (κ1) is 13.6. The number of aromatic nitrogens is 2. The van der Waals surface area contributed by atoms with Gasteiger partial charge in [0.1, 0.15) is 0 Å². The van der Waals surface area contributed by atoms with E-state index in [1.807, 2.05) is 30.3 Å². The molecule has 1 heterocycles. The molecule has 3 nitrogen and oxygen atoms in total. The van der Waals surface area contributed by atoms with Crippen molar-refractivity contribution in [2.45, 2.75) is 26.2 Å². The molecule has 0 amide bonds. The standard InChI is InChI=1S/C18H18N2O/c1-3-16(14-9-5-4-6-10-14)18-20-19-17(21-18)15-11-7-8-13(2)12-15/h4-12,16H,3H2,1-2H3. The fourth-order valence-electron chi connectivity index (χ4n) is 2.51. The third-order valence-corrected chi connectivity index (χ3v) is 3.61. The summed E-state index contributed by atoms with van der Waals surface area (Å²) >= 11 is 0. The van der Waals surface area contributed by atoms with Crippen molar-refractivity contribution < 1.29 is 4.42 Å². The minimum Gasteiger partial charge on any atom is -0.420 e. The normalized spacial score (nSPS) is 12.3. The van der Waals surface area contributed by atoms with Gasteiger partial charge < -0.3 is 4.42 Å². The molecule has 0 aliphatic rings. The average Bonchev–Trinajstić information content (AvgIpc) is 2.99. The lowest BCUT2D eigenvalue weighted by atomic mass is 9.97. The number of hydrogen-bond acceptors (Lipinski definition) is 3. The van der Waals surface area contributed by atoms with Gasteiger partial charge in [0.2, 0.25) is 11.8 Å². The van der Waals surface area contributed by atoms with Crippen LogP contribution in [0.3, 0.4) is 0 Å². The maximum Gasteiger partial charge on any atom is 0.247 e. The molecule has 0 fully saturated rings. The molecular formula is C18H18N2O. The van der Waals surface area contributed by atoms with Gasteiger partial charge in [0.15, 0.2) is 0 Å². The van der Waals surface area contributed by atoms with E-state index in [1.54, 1.807) is 0 Å². The first-order chi connectivity index (χ1) is 10.3. The van der Waals surface area contributed by atoms with Gasteiger partial charge in [0, 0.05) is 5.56 Å². The van der Waals surface area contributed by atoms with Crippen molar-refractivity contribution in [1.82, 2.24) is 10.2 Å². The quantitative estimate of drug-likeness (QED) is 0.700. The Morgan fingerprint density at radius 2 is 1.81 bits per heavy atom. The van der Waals surface area contributed by atoms with Crippen LogP contribution < -0.4 is 0 Å². The fraction of sp³-hybridized carbons (Fsp3) is 0.222. The Hall–Kier alpha value is -2.42. The summed E-state index contributed by atoms with van der Waals surface area (Å²) in [6.45, 7) is 4.19. The predicted octanol–water partition coefficient (Wildman–Crippen LogP) is 4.59. The van der Waals surface area contributed by atoms with Gasteiger partial charge in [0.05, 0.1) is 5.92 Å². The van der Waals surface area contributed by atoms with Crippen molar-refractivity contribution in [2.75, 3.05) is 0 Å². The summed E-state index contributed by atoms with van der Waals surface area (Å²) in [7, 11) is 0. The van der Waals surface area contributed by atoms with Crippen LogP contribution in [0.2, 0.25) is 0 Å². The largest absolute Gasteiger partial charge is 0.420 e. The molecular weight excluding hydrogens is 260 g/mol. The Morgan fingerprint density at radius 3 is 2.52 bits per heavy atom. The van der Waals surface area contributed by atoms with Crippen molar-refractivity contribution in [3.05, 3.63) is 71.6 Å². The monoisotopic (exact) mass is 278 g/mol. The first-order valence-electron chi connectivity index (χ1n) is 7.23.